The number of anilines is 1. The Morgan fingerprint density at radius 1 is 1.15 bits per heavy atom. The van der Waals surface area contributed by atoms with Gasteiger partial charge in [-0.3, -0.25) is 4.98 Å². The minimum atomic E-state index is -3.37. The van der Waals surface area contributed by atoms with Gasteiger partial charge in [-0.2, -0.15) is 0 Å². The maximum absolute atomic E-state index is 12.3. The molecule has 5 nitrogen and oxygen atoms in total. The Labute approximate surface area is 119 Å². The third-order valence-electron chi connectivity index (χ3n) is 2.93. The topological polar surface area (TPSA) is 76.3 Å². The highest BCUT2D eigenvalue weighted by molar-refractivity contribution is 7.88. The average molecular weight is 291 g/mol. The highest BCUT2D eigenvalue weighted by Gasteiger charge is 2.18. The molecule has 0 fully saturated rings. The van der Waals surface area contributed by atoms with Crippen LogP contribution in [0.2, 0.25) is 0 Å². The van der Waals surface area contributed by atoms with E-state index in [-0.39, 0.29) is 5.75 Å². The van der Waals surface area contributed by atoms with E-state index in [2.05, 4.69) is 4.98 Å². The molecule has 6 heteroatoms. The van der Waals surface area contributed by atoms with Gasteiger partial charge in [-0.15, -0.1) is 0 Å². The fraction of sp³-hybridized carbons (Fsp3) is 0.214. The van der Waals surface area contributed by atoms with Crippen molar-refractivity contribution in [1.29, 1.82) is 0 Å². The van der Waals surface area contributed by atoms with Gasteiger partial charge in [-0.1, -0.05) is 12.1 Å². The quantitative estimate of drug-likeness (QED) is 0.849. The molecule has 0 aliphatic carbocycles. The lowest BCUT2D eigenvalue weighted by Gasteiger charge is -2.17. The van der Waals surface area contributed by atoms with E-state index >= 15 is 0 Å². The van der Waals surface area contributed by atoms with Crippen LogP contribution in [0.15, 0.2) is 48.8 Å². The number of aromatic nitrogens is 1. The van der Waals surface area contributed by atoms with Crippen molar-refractivity contribution in [3.05, 3.63) is 59.9 Å². The zero-order chi connectivity index (χ0) is 14.6. The van der Waals surface area contributed by atoms with E-state index in [1.165, 1.54) is 4.31 Å². The first-order chi connectivity index (χ1) is 9.47. The van der Waals surface area contributed by atoms with E-state index in [9.17, 15) is 8.42 Å². The predicted molar refractivity (Wildman–Crippen MR) is 79.2 cm³/mol. The van der Waals surface area contributed by atoms with Crippen molar-refractivity contribution in [1.82, 2.24) is 9.29 Å². The van der Waals surface area contributed by atoms with Crippen LogP contribution in [0.3, 0.4) is 0 Å². The fourth-order valence-electron chi connectivity index (χ4n) is 1.85. The first kappa shape index (κ1) is 14.5. The van der Waals surface area contributed by atoms with Gasteiger partial charge in [0.05, 0.1) is 5.75 Å². The minimum Gasteiger partial charge on any atom is -0.399 e. The SMILES string of the molecule is CN(Cc1ccncc1)S(=O)(=O)Cc1cccc(N)c1. The van der Waals surface area contributed by atoms with Gasteiger partial charge in [0.1, 0.15) is 0 Å². The van der Waals surface area contributed by atoms with Crippen molar-refractivity contribution >= 4 is 15.7 Å². The number of sulfonamides is 1. The average Bonchev–Trinajstić information content (AvgIpc) is 2.39. The molecule has 0 aliphatic rings. The minimum absolute atomic E-state index is 0.0559. The molecule has 1 aromatic heterocycles. The summed E-state index contributed by atoms with van der Waals surface area (Å²) in [7, 11) is -1.80. The van der Waals surface area contributed by atoms with Crippen molar-refractivity contribution in [3.8, 4) is 0 Å². The summed E-state index contributed by atoms with van der Waals surface area (Å²) in [6.07, 6.45) is 3.29. The molecule has 0 spiro atoms. The summed E-state index contributed by atoms with van der Waals surface area (Å²) < 4.78 is 25.9. The van der Waals surface area contributed by atoms with Crippen LogP contribution in [0, 0.1) is 0 Å². The molecule has 0 atom stereocenters. The van der Waals surface area contributed by atoms with Crippen molar-refractivity contribution in [3.63, 3.8) is 0 Å². The van der Waals surface area contributed by atoms with E-state index in [0.29, 0.717) is 17.8 Å². The van der Waals surface area contributed by atoms with E-state index < -0.39 is 10.0 Å². The van der Waals surface area contributed by atoms with Crippen LogP contribution in [-0.4, -0.2) is 24.8 Å². The summed E-state index contributed by atoms with van der Waals surface area (Å²) >= 11 is 0. The largest absolute Gasteiger partial charge is 0.399 e. The lowest BCUT2D eigenvalue weighted by atomic mass is 10.2. The van der Waals surface area contributed by atoms with Gasteiger partial charge in [-0.25, -0.2) is 12.7 Å². The predicted octanol–water partition coefficient (Wildman–Crippen LogP) is 1.63. The van der Waals surface area contributed by atoms with Gasteiger partial charge in [0.15, 0.2) is 0 Å². The van der Waals surface area contributed by atoms with Crippen molar-refractivity contribution in [2.75, 3.05) is 12.8 Å². The second-order valence-corrected chi connectivity index (χ2v) is 6.69. The van der Waals surface area contributed by atoms with Crippen LogP contribution >= 0.6 is 0 Å². The second-order valence-electron chi connectivity index (χ2n) is 4.61. The Hall–Kier alpha value is -1.92. The van der Waals surface area contributed by atoms with Crippen LogP contribution in [0.25, 0.3) is 0 Å². The number of benzene rings is 1. The Morgan fingerprint density at radius 2 is 1.85 bits per heavy atom. The molecular weight excluding hydrogens is 274 g/mol. The Kier molecular flexibility index (Phi) is 4.36. The number of nitrogen functional groups attached to an aromatic ring is 1. The number of hydrogen-bond acceptors (Lipinski definition) is 4. The van der Waals surface area contributed by atoms with Crippen LogP contribution in [0.1, 0.15) is 11.1 Å². The third kappa shape index (κ3) is 3.79. The highest BCUT2D eigenvalue weighted by atomic mass is 32.2. The number of pyridine rings is 1. The zero-order valence-electron chi connectivity index (χ0n) is 11.2. The molecule has 0 bridgehead atoms. The fourth-order valence-corrected chi connectivity index (χ4v) is 3.01. The molecule has 0 saturated carbocycles. The number of rotatable bonds is 5. The number of hydrogen-bond donors (Lipinski definition) is 1. The van der Waals surface area contributed by atoms with Crippen LogP contribution in [0.4, 0.5) is 5.69 Å². The monoisotopic (exact) mass is 291 g/mol. The summed E-state index contributed by atoms with van der Waals surface area (Å²) in [5, 5.41) is 0. The van der Waals surface area contributed by atoms with Crippen molar-refractivity contribution < 1.29 is 8.42 Å². The van der Waals surface area contributed by atoms with Crippen molar-refractivity contribution in [2.45, 2.75) is 12.3 Å². The summed E-state index contributed by atoms with van der Waals surface area (Å²) in [5.41, 5.74) is 7.81. The summed E-state index contributed by atoms with van der Waals surface area (Å²) in [4.78, 5) is 3.91. The van der Waals surface area contributed by atoms with Gasteiger partial charge in [-0.05, 0) is 35.4 Å². The second kappa shape index (κ2) is 6.02. The van der Waals surface area contributed by atoms with E-state index in [1.807, 2.05) is 0 Å². The first-order valence-corrected chi connectivity index (χ1v) is 7.75. The molecule has 0 amide bonds. The zero-order valence-corrected chi connectivity index (χ0v) is 12.0. The summed E-state index contributed by atoms with van der Waals surface area (Å²) in [6, 6.07) is 10.5. The molecule has 0 saturated heterocycles. The van der Waals surface area contributed by atoms with Crippen molar-refractivity contribution in [2.24, 2.45) is 0 Å². The van der Waals surface area contributed by atoms with Gasteiger partial charge in [0.2, 0.25) is 10.0 Å². The van der Waals surface area contributed by atoms with Gasteiger partial charge in [0.25, 0.3) is 0 Å². The molecule has 0 radical (unpaired) electrons. The highest BCUT2D eigenvalue weighted by Crippen LogP contribution is 2.14. The molecule has 2 aromatic rings. The Morgan fingerprint density at radius 3 is 2.50 bits per heavy atom. The van der Waals surface area contributed by atoms with Gasteiger partial charge >= 0.3 is 0 Å². The number of nitrogens with zero attached hydrogens (tertiary/aromatic N) is 2. The maximum Gasteiger partial charge on any atom is 0.218 e. The molecule has 2 N–H and O–H groups in total. The molecule has 1 aromatic carbocycles. The van der Waals surface area contributed by atoms with E-state index in [4.69, 9.17) is 5.73 Å². The summed E-state index contributed by atoms with van der Waals surface area (Å²) in [6.45, 7) is 0.327. The molecule has 0 aliphatic heterocycles. The number of nitrogens with two attached hydrogens (primary N) is 1. The molecule has 2 rings (SSSR count). The smallest absolute Gasteiger partial charge is 0.218 e. The van der Waals surface area contributed by atoms with E-state index in [1.54, 1.807) is 55.8 Å². The Bertz CT molecular complexity index is 672. The van der Waals surface area contributed by atoms with E-state index in [0.717, 1.165) is 5.56 Å². The standard InChI is InChI=1S/C14H17N3O2S/c1-17(10-12-5-7-16-8-6-12)20(18,19)11-13-3-2-4-14(15)9-13/h2-9H,10-11,15H2,1H3. The third-order valence-corrected chi connectivity index (χ3v) is 4.71. The molecule has 20 heavy (non-hydrogen) atoms. The van der Waals surface area contributed by atoms with Crippen LogP contribution < -0.4 is 5.73 Å². The molecular formula is C14H17N3O2S. The molecule has 1 heterocycles. The maximum atomic E-state index is 12.3. The lowest BCUT2D eigenvalue weighted by Crippen LogP contribution is -2.27. The normalized spacial score (nSPS) is 11.7. The molecule has 106 valence electrons. The first-order valence-electron chi connectivity index (χ1n) is 6.15. The van der Waals surface area contributed by atoms with Crippen LogP contribution in [-0.2, 0) is 22.3 Å². The lowest BCUT2D eigenvalue weighted by molar-refractivity contribution is 0.465. The molecule has 0 unspecified atom stereocenters. The Balaban J connectivity index is 2.10. The van der Waals surface area contributed by atoms with Gasteiger partial charge < -0.3 is 5.73 Å². The van der Waals surface area contributed by atoms with Gasteiger partial charge in [0, 0.05) is 31.7 Å². The van der Waals surface area contributed by atoms with Crippen LogP contribution in [0.5, 0.6) is 0 Å². The summed E-state index contributed by atoms with van der Waals surface area (Å²) in [5.74, 6) is -0.0559.